The first kappa shape index (κ1) is 9.64. The topological polar surface area (TPSA) is 70.0 Å². The Labute approximate surface area is 86.5 Å². The maximum absolute atomic E-state index is 11.5. The predicted molar refractivity (Wildman–Crippen MR) is 53.3 cm³/mol. The van der Waals surface area contributed by atoms with Gasteiger partial charge >= 0.3 is 0 Å². The third-order valence-electron chi connectivity index (χ3n) is 2.37. The minimum Gasteiger partial charge on any atom is -0.504 e. The largest absolute Gasteiger partial charge is 0.504 e. The molecule has 0 spiro atoms. The Morgan fingerprint density at radius 3 is 2.73 bits per heavy atom. The van der Waals surface area contributed by atoms with Crippen LogP contribution in [0.2, 0.25) is 0 Å². The smallest absolute Gasteiger partial charge is 0.230 e. The minimum atomic E-state index is -0.265. The van der Waals surface area contributed by atoms with Crippen molar-refractivity contribution in [3.63, 3.8) is 0 Å². The van der Waals surface area contributed by atoms with Crippen molar-refractivity contribution in [1.29, 1.82) is 0 Å². The van der Waals surface area contributed by atoms with Gasteiger partial charge in [0.2, 0.25) is 5.91 Å². The first-order valence-electron chi connectivity index (χ1n) is 4.55. The second kappa shape index (κ2) is 3.34. The van der Waals surface area contributed by atoms with Crippen LogP contribution in [0.4, 0.5) is 5.69 Å². The number of ether oxygens (including phenoxy) is 1. The van der Waals surface area contributed by atoms with Gasteiger partial charge < -0.3 is 19.8 Å². The van der Waals surface area contributed by atoms with Crippen LogP contribution in [0.1, 0.15) is 6.42 Å². The van der Waals surface area contributed by atoms with E-state index in [1.807, 2.05) is 0 Å². The van der Waals surface area contributed by atoms with Crippen LogP contribution in [0.5, 0.6) is 17.2 Å². The molecule has 1 aromatic carbocycles. The maximum atomic E-state index is 11.5. The Morgan fingerprint density at radius 1 is 1.33 bits per heavy atom. The van der Waals surface area contributed by atoms with Gasteiger partial charge in [-0.15, -0.1) is 0 Å². The van der Waals surface area contributed by atoms with Crippen LogP contribution in [0.3, 0.4) is 0 Å². The van der Waals surface area contributed by atoms with Crippen LogP contribution in [-0.2, 0) is 4.79 Å². The van der Waals surface area contributed by atoms with E-state index in [2.05, 4.69) is 0 Å². The summed E-state index contributed by atoms with van der Waals surface area (Å²) in [5.41, 5.74) is 0.466. The molecule has 2 rings (SSSR count). The van der Waals surface area contributed by atoms with E-state index in [-0.39, 0.29) is 30.4 Å². The van der Waals surface area contributed by atoms with Gasteiger partial charge in [-0.2, -0.15) is 0 Å². The van der Waals surface area contributed by atoms with E-state index in [0.717, 1.165) is 0 Å². The molecule has 1 aliphatic heterocycles. The lowest BCUT2D eigenvalue weighted by Crippen LogP contribution is -2.25. The van der Waals surface area contributed by atoms with Crippen molar-refractivity contribution in [2.45, 2.75) is 6.42 Å². The van der Waals surface area contributed by atoms with Crippen molar-refractivity contribution in [2.75, 3.05) is 18.6 Å². The lowest BCUT2D eigenvalue weighted by Gasteiger charge is -2.16. The lowest BCUT2D eigenvalue weighted by molar-refractivity contribution is -0.118. The average Bonchev–Trinajstić information content (AvgIpc) is 2.32. The van der Waals surface area contributed by atoms with Crippen molar-refractivity contribution >= 4 is 11.6 Å². The molecule has 2 N–H and O–H groups in total. The number of phenolic OH excluding ortho intramolecular Hbond substituents is 2. The SMILES string of the molecule is CN1C(=O)CCOc2cc(O)c(O)cc21. The lowest BCUT2D eigenvalue weighted by atomic mass is 10.2. The van der Waals surface area contributed by atoms with Gasteiger partial charge in [0.05, 0.1) is 18.7 Å². The summed E-state index contributed by atoms with van der Waals surface area (Å²) in [7, 11) is 1.60. The van der Waals surface area contributed by atoms with Crippen molar-refractivity contribution in [3.8, 4) is 17.2 Å². The molecule has 0 bridgehead atoms. The van der Waals surface area contributed by atoms with Crippen molar-refractivity contribution in [2.24, 2.45) is 0 Å². The highest BCUT2D eigenvalue weighted by Gasteiger charge is 2.21. The van der Waals surface area contributed by atoms with Crippen LogP contribution in [0, 0.1) is 0 Å². The Balaban J connectivity index is 2.54. The fourth-order valence-corrected chi connectivity index (χ4v) is 1.47. The molecule has 1 aromatic rings. The van der Waals surface area contributed by atoms with E-state index < -0.39 is 0 Å². The molecule has 1 aliphatic rings. The van der Waals surface area contributed by atoms with Gasteiger partial charge in [-0.25, -0.2) is 0 Å². The summed E-state index contributed by atoms with van der Waals surface area (Å²) < 4.78 is 5.29. The van der Waals surface area contributed by atoms with Crippen LogP contribution in [-0.4, -0.2) is 29.8 Å². The fourth-order valence-electron chi connectivity index (χ4n) is 1.47. The van der Waals surface area contributed by atoms with Crippen molar-refractivity contribution in [1.82, 2.24) is 0 Å². The Bertz CT molecular complexity index is 416. The third-order valence-corrected chi connectivity index (χ3v) is 2.37. The van der Waals surface area contributed by atoms with Gasteiger partial charge in [0.1, 0.15) is 5.75 Å². The van der Waals surface area contributed by atoms with Crippen LogP contribution < -0.4 is 9.64 Å². The molecular formula is C10H11NO4. The monoisotopic (exact) mass is 209 g/mol. The highest BCUT2D eigenvalue weighted by molar-refractivity contribution is 5.95. The van der Waals surface area contributed by atoms with Gasteiger partial charge in [-0.05, 0) is 0 Å². The molecule has 80 valence electrons. The number of phenols is 2. The molecule has 0 unspecified atom stereocenters. The zero-order valence-corrected chi connectivity index (χ0v) is 8.23. The van der Waals surface area contributed by atoms with E-state index in [9.17, 15) is 15.0 Å². The summed E-state index contributed by atoms with van der Waals surface area (Å²) >= 11 is 0. The number of anilines is 1. The van der Waals surface area contributed by atoms with Crippen molar-refractivity contribution in [3.05, 3.63) is 12.1 Å². The summed E-state index contributed by atoms with van der Waals surface area (Å²) in [5, 5.41) is 18.6. The molecule has 0 aliphatic carbocycles. The molecule has 0 atom stereocenters. The van der Waals surface area contributed by atoms with E-state index in [1.54, 1.807) is 7.05 Å². The van der Waals surface area contributed by atoms with E-state index >= 15 is 0 Å². The molecule has 0 saturated heterocycles. The molecule has 1 heterocycles. The van der Waals surface area contributed by atoms with Gasteiger partial charge in [-0.1, -0.05) is 0 Å². The quantitative estimate of drug-likeness (QED) is 0.621. The highest BCUT2D eigenvalue weighted by Crippen LogP contribution is 2.39. The van der Waals surface area contributed by atoms with Gasteiger partial charge in [-0.3, -0.25) is 4.79 Å². The number of carbonyl (C=O) groups is 1. The zero-order valence-electron chi connectivity index (χ0n) is 8.23. The summed E-state index contributed by atoms with van der Waals surface area (Å²) in [5.74, 6) is -0.201. The number of nitrogens with zero attached hydrogens (tertiary/aromatic N) is 1. The van der Waals surface area contributed by atoms with Gasteiger partial charge in [0, 0.05) is 19.2 Å². The molecular weight excluding hydrogens is 198 g/mol. The first-order chi connectivity index (χ1) is 7.09. The van der Waals surface area contributed by atoms with Crippen LogP contribution >= 0.6 is 0 Å². The third kappa shape index (κ3) is 1.56. The summed E-state index contributed by atoms with van der Waals surface area (Å²) in [6, 6.07) is 2.62. The number of hydrogen-bond acceptors (Lipinski definition) is 4. The van der Waals surface area contributed by atoms with E-state index in [4.69, 9.17) is 4.74 Å². The molecule has 0 aromatic heterocycles. The predicted octanol–water partition coefficient (Wildman–Crippen LogP) is 0.843. The number of hydrogen-bond donors (Lipinski definition) is 2. The number of amides is 1. The zero-order chi connectivity index (χ0) is 11.0. The molecule has 0 radical (unpaired) electrons. The summed E-state index contributed by atoms with van der Waals surface area (Å²) in [6.45, 7) is 0.278. The van der Waals surface area contributed by atoms with E-state index in [0.29, 0.717) is 11.4 Å². The minimum absolute atomic E-state index is 0.0844. The van der Waals surface area contributed by atoms with Gasteiger partial charge in [0.15, 0.2) is 11.5 Å². The second-order valence-electron chi connectivity index (χ2n) is 3.36. The molecule has 5 nitrogen and oxygen atoms in total. The summed E-state index contributed by atoms with van der Waals surface area (Å²) in [4.78, 5) is 12.9. The number of fused-ring (bicyclic) bond motifs is 1. The second-order valence-corrected chi connectivity index (χ2v) is 3.36. The normalized spacial score (nSPS) is 15.5. The molecule has 0 saturated carbocycles. The number of aromatic hydroxyl groups is 2. The first-order valence-corrected chi connectivity index (χ1v) is 4.55. The molecule has 15 heavy (non-hydrogen) atoms. The molecule has 1 amide bonds. The van der Waals surface area contributed by atoms with Crippen LogP contribution in [0.15, 0.2) is 12.1 Å². The Kier molecular flexibility index (Phi) is 2.15. The Morgan fingerprint density at radius 2 is 2.00 bits per heavy atom. The molecule has 0 fully saturated rings. The summed E-state index contributed by atoms with van der Waals surface area (Å²) in [6.07, 6.45) is 0.284. The maximum Gasteiger partial charge on any atom is 0.230 e. The van der Waals surface area contributed by atoms with Crippen molar-refractivity contribution < 1.29 is 19.7 Å². The standard InChI is InChI=1S/C10H11NO4/c1-11-6-4-7(12)8(13)5-9(6)15-3-2-10(11)14/h4-5,12-13H,2-3H2,1H3. The van der Waals surface area contributed by atoms with Crippen LogP contribution in [0.25, 0.3) is 0 Å². The molecule has 5 heteroatoms. The van der Waals surface area contributed by atoms with Gasteiger partial charge in [0.25, 0.3) is 0 Å². The van der Waals surface area contributed by atoms with E-state index in [1.165, 1.54) is 17.0 Å². The Hall–Kier alpha value is -1.91. The number of benzene rings is 1. The fraction of sp³-hybridized carbons (Fsp3) is 0.300. The average molecular weight is 209 g/mol. The number of rotatable bonds is 0. The highest BCUT2D eigenvalue weighted by atomic mass is 16.5. The number of carbonyl (C=O) groups excluding carboxylic acids is 1.